The van der Waals surface area contributed by atoms with E-state index in [4.69, 9.17) is 17.3 Å². The van der Waals surface area contributed by atoms with Gasteiger partial charge in [-0.2, -0.15) is 5.10 Å². The molecule has 1 aliphatic heterocycles. The summed E-state index contributed by atoms with van der Waals surface area (Å²) in [5.41, 5.74) is 4.25. The minimum Gasteiger partial charge on any atom is -0.358 e. The van der Waals surface area contributed by atoms with Gasteiger partial charge in [0.05, 0.1) is 11.4 Å². The van der Waals surface area contributed by atoms with Gasteiger partial charge in [0, 0.05) is 41.4 Å². The largest absolute Gasteiger partial charge is 0.358 e. The minimum atomic E-state index is 0.660. The van der Waals surface area contributed by atoms with Crippen LogP contribution in [0.3, 0.4) is 0 Å². The SMILES string of the molecule is S=C(NCc1cn(-c2ccccc2)nc1-c1ccc(Br)cc1)N1CCCCC1. The third-order valence-electron chi connectivity index (χ3n) is 5.00. The number of hydrogen-bond acceptors (Lipinski definition) is 2. The van der Waals surface area contributed by atoms with Gasteiger partial charge in [0.2, 0.25) is 0 Å². The molecule has 3 aromatic rings. The van der Waals surface area contributed by atoms with Crippen molar-refractivity contribution in [2.24, 2.45) is 0 Å². The summed E-state index contributed by atoms with van der Waals surface area (Å²) >= 11 is 9.14. The predicted molar refractivity (Wildman–Crippen MR) is 122 cm³/mol. The molecular weight excluding hydrogens is 432 g/mol. The average Bonchev–Trinajstić information content (AvgIpc) is 3.18. The zero-order valence-corrected chi connectivity index (χ0v) is 18.0. The molecule has 1 N–H and O–H groups in total. The van der Waals surface area contributed by atoms with Gasteiger partial charge in [-0.25, -0.2) is 4.68 Å². The van der Waals surface area contributed by atoms with Crippen LogP contribution < -0.4 is 5.32 Å². The van der Waals surface area contributed by atoms with E-state index in [0.29, 0.717) is 6.54 Å². The number of nitrogens with one attached hydrogen (secondary N) is 1. The molecule has 1 saturated heterocycles. The van der Waals surface area contributed by atoms with Crippen LogP contribution in [0.25, 0.3) is 16.9 Å². The van der Waals surface area contributed by atoms with Gasteiger partial charge in [0.1, 0.15) is 0 Å². The van der Waals surface area contributed by atoms with Crippen LogP contribution in [0.1, 0.15) is 24.8 Å². The van der Waals surface area contributed by atoms with E-state index in [1.807, 2.05) is 35.0 Å². The third kappa shape index (κ3) is 4.45. The number of para-hydroxylation sites is 1. The summed E-state index contributed by atoms with van der Waals surface area (Å²) in [5.74, 6) is 0. The van der Waals surface area contributed by atoms with Crippen molar-refractivity contribution in [2.75, 3.05) is 13.1 Å². The first-order chi connectivity index (χ1) is 13.7. The minimum absolute atomic E-state index is 0.660. The Balaban J connectivity index is 1.59. The molecular formula is C22H23BrN4S. The first-order valence-electron chi connectivity index (χ1n) is 9.63. The van der Waals surface area contributed by atoms with Gasteiger partial charge in [-0.3, -0.25) is 0 Å². The molecule has 0 aliphatic carbocycles. The fourth-order valence-corrected chi connectivity index (χ4v) is 4.00. The van der Waals surface area contributed by atoms with E-state index in [-0.39, 0.29) is 0 Å². The van der Waals surface area contributed by atoms with Gasteiger partial charge < -0.3 is 10.2 Å². The van der Waals surface area contributed by atoms with E-state index < -0.39 is 0 Å². The Morgan fingerprint density at radius 3 is 2.43 bits per heavy atom. The second kappa shape index (κ2) is 8.88. The Bertz CT molecular complexity index is 931. The van der Waals surface area contributed by atoms with Crippen molar-refractivity contribution < 1.29 is 0 Å². The van der Waals surface area contributed by atoms with Gasteiger partial charge in [-0.15, -0.1) is 0 Å². The van der Waals surface area contributed by atoms with E-state index in [1.165, 1.54) is 19.3 Å². The molecule has 0 bridgehead atoms. The molecule has 0 atom stereocenters. The van der Waals surface area contributed by atoms with Crippen LogP contribution in [0.2, 0.25) is 0 Å². The van der Waals surface area contributed by atoms with E-state index in [1.54, 1.807) is 0 Å². The molecule has 28 heavy (non-hydrogen) atoms. The highest BCUT2D eigenvalue weighted by Crippen LogP contribution is 2.25. The number of halogens is 1. The summed E-state index contributed by atoms with van der Waals surface area (Å²) in [7, 11) is 0. The monoisotopic (exact) mass is 454 g/mol. The Morgan fingerprint density at radius 2 is 1.71 bits per heavy atom. The number of likely N-dealkylation sites (tertiary alicyclic amines) is 1. The van der Waals surface area contributed by atoms with Gasteiger partial charge >= 0.3 is 0 Å². The topological polar surface area (TPSA) is 33.1 Å². The molecule has 0 radical (unpaired) electrons. The number of nitrogens with zero attached hydrogens (tertiary/aromatic N) is 3. The van der Waals surface area contributed by atoms with Crippen LogP contribution in [0.5, 0.6) is 0 Å². The lowest BCUT2D eigenvalue weighted by atomic mass is 10.1. The number of aromatic nitrogens is 2. The van der Waals surface area contributed by atoms with Crippen LogP contribution in [0, 0.1) is 0 Å². The Labute approximate surface area is 179 Å². The van der Waals surface area contributed by atoms with Gasteiger partial charge in [0.15, 0.2) is 5.11 Å². The van der Waals surface area contributed by atoms with E-state index in [2.05, 4.69) is 56.6 Å². The first kappa shape index (κ1) is 19.2. The predicted octanol–water partition coefficient (Wildman–Crippen LogP) is 5.16. The molecule has 0 saturated carbocycles. The van der Waals surface area contributed by atoms with Crippen molar-refractivity contribution in [1.29, 1.82) is 0 Å². The zero-order valence-electron chi connectivity index (χ0n) is 15.6. The second-order valence-electron chi connectivity index (χ2n) is 7.00. The zero-order chi connectivity index (χ0) is 19.3. The Kier molecular flexibility index (Phi) is 6.07. The molecule has 144 valence electrons. The molecule has 0 amide bonds. The second-order valence-corrected chi connectivity index (χ2v) is 8.30. The van der Waals surface area contributed by atoms with Crippen LogP contribution in [-0.2, 0) is 6.54 Å². The summed E-state index contributed by atoms with van der Waals surface area (Å²) < 4.78 is 3.00. The van der Waals surface area contributed by atoms with Crippen molar-refractivity contribution in [2.45, 2.75) is 25.8 Å². The molecule has 1 fully saturated rings. The van der Waals surface area contributed by atoms with Crippen molar-refractivity contribution in [3.05, 3.63) is 70.8 Å². The maximum absolute atomic E-state index is 5.63. The van der Waals surface area contributed by atoms with Gasteiger partial charge in [-0.1, -0.05) is 46.3 Å². The number of hydrogen-bond donors (Lipinski definition) is 1. The summed E-state index contributed by atoms with van der Waals surface area (Å²) in [5, 5.41) is 9.17. The fraction of sp³-hybridized carbons (Fsp3) is 0.273. The quantitative estimate of drug-likeness (QED) is 0.551. The Morgan fingerprint density at radius 1 is 1.00 bits per heavy atom. The lowest BCUT2D eigenvalue weighted by Gasteiger charge is -2.29. The standard InChI is InChI=1S/C22H23BrN4S/c23-19-11-9-17(10-12-19)21-18(15-24-22(28)26-13-5-2-6-14-26)16-27(25-21)20-7-3-1-4-8-20/h1,3-4,7-12,16H,2,5-6,13-15H2,(H,24,28). The molecule has 1 aromatic heterocycles. The van der Waals surface area contributed by atoms with Crippen LogP contribution in [0.4, 0.5) is 0 Å². The molecule has 4 rings (SSSR count). The van der Waals surface area contributed by atoms with Crippen molar-refractivity contribution in [1.82, 2.24) is 20.0 Å². The highest BCUT2D eigenvalue weighted by atomic mass is 79.9. The lowest BCUT2D eigenvalue weighted by Crippen LogP contribution is -2.42. The smallest absolute Gasteiger partial charge is 0.169 e. The van der Waals surface area contributed by atoms with Crippen molar-refractivity contribution in [3.63, 3.8) is 0 Å². The van der Waals surface area contributed by atoms with Crippen LogP contribution >= 0.6 is 28.1 Å². The van der Waals surface area contributed by atoms with E-state index >= 15 is 0 Å². The average molecular weight is 455 g/mol. The lowest BCUT2D eigenvalue weighted by molar-refractivity contribution is 0.338. The van der Waals surface area contributed by atoms with Gasteiger partial charge in [-0.05, 0) is 55.7 Å². The molecule has 2 heterocycles. The van der Waals surface area contributed by atoms with Crippen LogP contribution in [-0.4, -0.2) is 32.9 Å². The molecule has 4 nitrogen and oxygen atoms in total. The highest BCUT2D eigenvalue weighted by Gasteiger charge is 2.16. The molecule has 0 spiro atoms. The molecule has 2 aromatic carbocycles. The van der Waals surface area contributed by atoms with E-state index in [9.17, 15) is 0 Å². The Hall–Kier alpha value is -2.18. The van der Waals surface area contributed by atoms with E-state index in [0.717, 1.165) is 45.2 Å². The number of thiocarbonyl (C=S) groups is 1. The van der Waals surface area contributed by atoms with Crippen LogP contribution in [0.15, 0.2) is 65.3 Å². The summed E-state index contributed by atoms with van der Waals surface area (Å²) in [4.78, 5) is 2.28. The molecule has 1 aliphatic rings. The van der Waals surface area contributed by atoms with Gasteiger partial charge in [0.25, 0.3) is 0 Å². The summed E-state index contributed by atoms with van der Waals surface area (Å²) in [6, 6.07) is 18.5. The fourth-order valence-electron chi connectivity index (χ4n) is 3.48. The molecule has 0 unspecified atom stereocenters. The summed E-state index contributed by atoms with van der Waals surface area (Å²) in [6.07, 6.45) is 5.84. The third-order valence-corrected chi connectivity index (χ3v) is 5.93. The first-order valence-corrected chi connectivity index (χ1v) is 10.8. The number of benzene rings is 2. The molecule has 6 heteroatoms. The summed E-state index contributed by atoms with van der Waals surface area (Å²) in [6.45, 7) is 2.76. The number of piperidine rings is 1. The maximum Gasteiger partial charge on any atom is 0.169 e. The normalized spacial score (nSPS) is 14.1. The van der Waals surface area contributed by atoms with Crippen molar-refractivity contribution in [3.8, 4) is 16.9 Å². The highest BCUT2D eigenvalue weighted by molar-refractivity contribution is 9.10. The van der Waals surface area contributed by atoms with Crippen molar-refractivity contribution >= 4 is 33.3 Å². The maximum atomic E-state index is 5.63. The number of rotatable bonds is 4.